The van der Waals surface area contributed by atoms with E-state index in [1.165, 1.54) is 64.3 Å². The summed E-state index contributed by atoms with van der Waals surface area (Å²) in [5.74, 6) is 3.11. The van der Waals surface area contributed by atoms with Crippen LogP contribution in [0.5, 0.6) is 0 Å². The topological polar surface area (TPSA) is 12.0 Å². The SMILES string of the molecule is CCCNC(CC1CC1)C1CCC(CC)CC1. The minimum Gasteiger partial charge on any atom is -0.314 e. The lowest BCUT2D eigenvalue weighted by atomic mass is 9.76. The van der Waals surface area contributed by atoms with Crippen LogP contribution in [0.3, 0.4) is 0 Å². The molecule has 0 aliphatic heterocycles. The van der Waals surface area contributed by atoms with E-state index in [0.717, 1.165) is 23.8 Å². The highest BCUT2D eigenvalue weighted by Gasteiger charge is 2.31. The van der Waals surface area contributed by atoms with Crippen LogP contribution in [0, 0.1) is 17.8 Å². The summed E-state index contributed by atoms with van der Waals surface area (Å²) in [6.45, 7) is 5.88. The van der Waals surface area contributed by atoms with E-state index in [2.05, 4.69) is 19.2 Å². The maximum atomic E-state index is 3.84. The van der Waals surface area contributed by atoms with E-state index in [4.69, 9.17) is 0 Å². The molecule has 0 bridgehead atoms. The van der Waals surface area contributed by atoms with E-state index in [-0.39, 0.29) is 0 Å². The van der Waals surface area contributed by atoms with Crippen LogP contribution in [0.15, 0.2) is 0 Å². The van der Waals surface area contributed by atoms with Gasteiger partial charge in [-0.2, -0.15) is 0 Å². The zero-order valence-corrected chi connectivity index (χ0v) is 11.9. The summed E-state index contributed by atoms with van der Waals surface area (Å²) >= 11 is 0. The summed E-state index contributed by atoms with van der Waals surface area (Å²) in [4.78, 5) is 0. The predicted octanol–water partition coefficient (Wildman–Crippen LogP) is 4.37. The molecule has 0 aromatic rings. The zero-order valence-electron chi connectivity index (χ0n) is 11.9. The fourth-order valence-electron chi connectivity index (χ4n) is 3.48. The molecule has 0 amide bonds. The molecule has 1 nitrogen and oxygen atoms in total. The first-order valence-electron chi connectivity index (χ1n) is 8.06. The van der Waals surface area contributed by atoms with Crippen molar-refractivity contribution < 1.29 is 0 Å². The van der Waals surface area contributed by atoms with Crippen LogP contribution in [-0.4, -0.2) is 12.6 Å². The van der Waals surface area contributed by atoms with Crippen LogP contribution in [0.1, 0.15) is 71.6 Å². The molecule has 17 heavy (non-hydrogen) atoms. The standard InChI is InChI=1S/C16H31N/c1-3-11-17-16(12-14-5-6-14)15-9-7-13(4-2)8-10-15/h13-17H,3-12H2,1-2H3. The van der Waals surface area contributed by atoms with Crippen molar-refractivity contribution in [3.8, 4) is 0 Å². The maximum absolute atomic E-state index is 3.84. The van der Waals surface area contributed by atoms with E-state index < -0.39 is 0 Å². The summed E-state index contributed by atoms with van der Waals surface area (Å²) in [5, 5.41) is 3.84. The molecular weight excluding hydrogens is 206 g/mol. The molecule has 2 saturated carbocycles. The van der Waals surface area contributed by atoms with Crippen LogP contribution in [0.25, 0.3) is 0 Å². The minimum atomic E-state index is 0.847. The quantitative estimate of drug-likeness (QED) is 0.693. The molecule has 100 valence electrons. The van der Waals surface area contributed by atoms with Gasteiger partial charge >= 0.3 is 0 Å². The molecule has 1 atom stereocenters. The van der Waals surface area contributed by atoms with E-state index in [1.807, 2.05) is 0 Å². The van der Waals surface area contributed by atoms with Gasteiger partial charge in [0, 0.05) is 6.04 Å². The van der Waals surface area contributed by atoms with Crippen molar-refractivity contribution >= 4 is 0 Å². The highest BCUT2D eigenvalue weighted by Crippen LogP contribution is 2.39. The second-order valence-electron chi connectivity index (χ2n) is 6.43. The largest absolute Gasteiger partial charge is 0.314 e. The van der Waals surface area contributed by atoms with E-state index in [1.54, 1.807) is 0 Å². The molecule has 0 aromatic heterocycles. The smallest absolute Gasteiger partial charge is 0.00979 e. The average Bonchev–Trinajstić information content (AvgIpc) is 3.18. The van der Waals surface area contributed by atoms with Gasteiger partial charge in [-0.25, -0.2) is 0 Å². The van der Waals surface area contributed by atoms with Crippen LogP contribution < -0.4 is 5.32 Å². The molecule has 2 fully saturated rings. The highest BCUT2D eigenvalue weighted by molar-refractivity contribution is 4.87. The van der Waals surface area contributed by atoms with E-state index in [9.17, 15) is 0 Å². The van der Waals surface area contributed by atoms with Gasteiger partial charge in [-0.3, -0.25) is 0 Å². The molecule has 0 radical (unpaired) electrons. The molecule has 0 aromatic carbocycles. The van der Waals surface area contributed by atoms with Gasteiger partial charge in [0.2, 0.25) is 0 Å². The third-order valence-corrected chi connectivity index (χ3v) is 4.98. The first kappa shape index (κ1) is 13.4. The highest BCUT2D eigenvalue weighted by atomic mass is 14.9. The lowest BCUT2D eigenvalue weighted by molar-refractivity contribution is 0.207. The van der Waals surface area contributed by atoms with Gasteiger partial charge in [-0.1, -0.05) is 46.0 Å². The van der Waals surface area contributed by atoms with Crippen molar-refractivity contribution in [1.82, 2.24) is 5.32 Å². The van der Waals surface area contributed by atoms with Gasteiger partial charge < -0.3 is 5.32 Å². The van der Waals surface area contributed by atoms with Crippen molar-refractivity contribution in [2.24, 2.45) is 17.8 Å². The zero-order chi connectivity index (χ0) is 12.1. The number of rotatable bonds is 7. The fraction of sp³-hybridized carbons (Fsp3) is 1.00. The maximum Gasteiger partial charge on any atom is 0.00979 e. The Morgan fingerprint density at radius 3 is 2.12 bits per heavy atom. The molecule has 2 aliphatic carbocycles. The summed E-state index contributed by atoms with van der Waals surface area (Å²) in [7, 11) is 0. The normalized spacial score (nSPS) is 31.4. The molecule has 0 heterocycles. The Morgan fingerprint density at radius 1 is 0.941 bits per heavy atom. The average molecular weight is 237 g/mol. The number of nitrogens with one attached hydrogen (secondary N) is 1. The van der Waals surface area contributed by atoms with Crippen molar-refractivity contribution in [3.05, 3.63) is 0 Å². The lowest BCUT2D eigenvalue weighted by Gasteiger charge is -2.34. The Labute approximate surface area is 108 Å². The summed E-state index contributed by atoms with van der Waals surface area (Å²) < 4.78 is 0. The van der Waals surface area contributed by atoms with Gasteiger partial charge in [-0.15, -0.1) is 0 Å². The van der Waals surface area contributed by atoms with Gasteiger partial charge in [0.05, 0.1) is 0 Å². The van der Waals surface area contributed by atoms with Crippen molar-refractivity contribution in [1.29, 1.82) is 0 Å². The van der Waals surface area contributed by atoms with Gasteiger partial charge in [0.1, 0.15) is 0 Å². The Morgan fingerprint density at radius 2 is 1.59 bits per heavy atom. The third-order valence-electron chi connectivity index (χ3n) is 4.98. The van der Waals surface area contributed by atoms with Gasteiger partial charge in [0.15, 0.2) is 0 Å². The summed E-state index contributed by atoms with van der Waals surface area (Å²) in [6.07, 6.45) is 13.2. The molecule has 1 heteroatoms. The first-order chi connectivity index (χ1) is 8.33. The minimum absolute atomic E-state index is 0.847. The predicted molar refractivity (Wildman–Crippen MR) is 75.2 cm³/mol. The fourth-order valence-corrected chi connectivity index (χ4v) is 3.48. The Hall–Kier alpha value is -0.0400. The van der Waals surface area contributed by atoms with Gasteiger partial charge in [-0.05, 0) is 50.0 Å². The molecule has 1 unspecified atom stereocenters. The second-order valence-corrected chi connectivity index (χ2v) is 6.43. The summed E-state index contributed by atoms with van der Waals surface area (Å²) in [6, 6.07) is 0.847. The number of hydrogen-bond acceptors (Lipinski definition) is 1. The first-order valence-corrected chi connectivity index (χ1v) is 8.06. The number of hydrogen-bond donors (Lipinski definition) is 1. The Kier molecular flexibility index (Phi) is 5.34. The third kappa shape index (κ3) is 4.28. The Bertz CT molecular complexity index is 202. The molecule has 2 aliphatic rings. The van der Waals surface area contributed by atoms with Gasteiger partial charge in [0.25, 0.3) is 0 Å². The molecule has 0 spiro atoms. The van der Waals surface area contributed by atoms with E-state index in [0.29, 0.717) is 0 Å². The van der Waals surface area contributed by atoms with Crippen LogP contribution in [0.4, 0.5) is 0 Å². The molecule has 1 N–H and O–H groups in total. The molecule has 2 rings (SSSR count). The van der Waals surface area contributed by atoms with Crippen LogP contribution in [-0.2, 0) is 0 Å². The monoisotopic (exact) mass is 237 g/mol. The molecule has 0 saturated heterocycles. The van der Waals surface area contributed by atoms with Crippen molar-refractivity contribution in [2.45, 2.75) is 77.7 Å². The summed E-state index contributed by atoms with van der Waals surface area (Å²) in [5.41, 5.74) is 0. The van der Waals surface area contributed by atoms with E-state index >= 15 is 0 Å². The second kappa shape index (κ2) is 6.78. The lowest BCUT2D eigenvalue weighted by Crippen LogP contribution is -2.39. The van der Waals surface area contributed by atoms with Crippen LogP contribution in [0.2, 0.25) is 0 Å². The van der Waals surface area contributed by atoms with Crippen molar-refractivity contribution in [3.63, 3.8) is 0 Å². The Balaban J connectivity index is 1.77. The molecular formula is C16H31N. The van der Waals surface area contributed by atoms with Crippen molar-refractivity contribution in [2.75, 3.05) is 6.54 Å². The van der Waals surface area contributed by atoms with Crippen LogP contribution >= 0.6 is 0 Å².